The van der Waals surface area contributed by atoms with Gasteiger partial charge >= 0.3 is 10.8 Å². The molecule has 13 nitrogen and oxygen atoms in total. The van der Waals surface area contributed by atoms with E-state index >= 15 is 0 Å². The van der Waals surface area contributed by atoms with Crippen molar-refractivity contribution in [2.24, 2.45) is 5.92 Å². The summed E-state index contributed by atoms with van der Waals surface area (Å²) in [6.45, 7) is 1.55. The zero-order valence-corrected chi connectivity index (χ0v) is 26.5. The Morgan fingerprint density at radius 1 is 0.979 bits per heavy atom. The summed E-state index contributed by atoms with van der Waals surface area (Å²) in [4.78, 5) is 78.3. The number of nitro benzene ring substituents is 1. The number of aromatic nitrogens is 1. The monoisotopic (exact) mass is 674 g/mol. The SMILES string of the molecule is CCOC(=O)c1ccc(NC(=O)Cn2c3c(sc2=O)C(c2ccccc2OC)C2C(=O)N(c4ccc([N+](=O)[O-])cc4)C(=O)C2S3)cc1. The molecule has 2 aliphatic rings. The Balaban J connectivity index is 1.35. The molecule has 3 unspecified atom stereocenters. The number of carbonyl (C=O) groups is 4. The van der Waals surface area contributed by atoms with E-state index in [2.05, 4.69) is 5.32 Å². The molecule has 0 saturated carbocycles. The largest absolute Gasteiger partial charge is 0.496 e. The normalized spacial score (nSPS) is 18.3. The minimum absolute atomic E-state index is 0.188. The molecule has 47 heavy (non-hydrogen) atoms. The second-order valence-corrected chi connectivity index (χ2v) is 12.7. The van der Waals surface area contributed by atoms with E-state index in [0.29, 0.717) is 32.5 Å². The summed E-state index contributed by atoms with van der Waals surface area (Å²) in [6, 6.07) is 18.3. The summed E-state index contributed by atoms with van der Waals surface area (Å²) in [5.41, 5.74) is 1.31. The lowest BCUT2D eigenvalue weighted by molar-refractivity contribution is -0.384. The molecule has 0 spiro atoms. The number of ether oxygens (including phenoxy) is 2. The zero-order chi connectivity index (χ0) is 33.4. The molecule has 15 heteroatoms. The maximum atomic E-state index is 14.1. The van der Waals surface area contributed by atoms with Gasteiger partial charge in [-0.3, -0.25) is 33.9 Å². The van der Waals surface area contributed by atoms with Gasteiger partial charge in [-0.2, -0.15) is 0 Å². The molecule has 3 heterocycles. The van der Waals surface area contributed by atoms with Gasteiger partial charge in [0.1, 0.15) is 17.5 Å². The number of rotatable bonds is 9. The van der Waals surface area contributed by atoms with Crippen LogP contribution in [0.2, 0.25) is 0 Å². The number of imide groups is 1. The van der Waals surface area contributed by atoms with Crippen LogP contribution in [0.5, 0.6) is 5.75 Å². The molecule has 3 amide bonds. The first-order chi connectivity index (χ1) is 22.6. The summed E-state index contributed by atoms with van der Waals surface area (Å²) < 4.78 is 11.9. The van der Waals surface area contributed by atoms with Crippen LogP contribution in [0, 0.1) is 16.0 Å². The van der Waals surface area contributed by atoms with E-state index in [9.17, 15) is 34.1 Å². The molecule has 1 N–H and O–H groups in total. The third kappa shape index (κ3) is 5.79. The highest BCUT2D eigenvalue weighted by molar-refractivity contribution is 8.00. The van der Waals surface area contributed by atoms with Gasteiger partial charge < -0.3 is 14.8 Å². The van der Waals surface area contributed by atoms with Crippen molar-refractivity contribution in [3.05, 3.63) is 109 Å². The number of amides is 3. The molecule has 240 valence electrons. The molecule has 3 atom stereocenters. The predicted molar refractivity (Wildman–Crippen MR) is 173 cm³/mol. The summed E-state index contributed by atoms with van der Waals surface area (Å²) in [5, 5.41) is 13.3. The summed E-state index contributed by atoms with van der Waals surface area (Å²) in [7, 11) is 1.48. The molecule has 2 aliphatic heterocycles. The van der Waals surface area contributed by atoms with E-state index in [-0.39, 0.29) is 24.5 Å². The van der Waals surface area contributed by atoms with Crippen LogP contribution >= 0.6 is 23.1 Å². The van der Waals surface area contributed by atoms with E-state index < -0.39 is 50.6 Å². The van der Waals surface area contributed by atoms with Crippen LogP contribution in [0.15, 0.2) is 82.6 Å². The van der Waals surface area contributed by atoms with Gasteiger partial charge in [0.15, 0.2) is 0 Å². The fourth-order valence-corrected chi connectivity index (χ4v) is 8.50. The molecule has 0 radical (unpaired) electrons. The fourth-order valence-electron chi connectivity index (χ4n) is 5.74. The third-order valence-electron chi connectivity index (χ3n) is 7.82. The average molecular weight is 675 g/mol. The Hall–Kier alpha value is -5.28. The second-order valence-electron chi connectivity index (χ2n) is 10.5. The predicted octanol–water partition coefficient (Wildman–Crippen LogP) is 4.44. The number of methoxy groups -OCH3 is 1. The Labute approximate surface area is 275 Å². The lowest BCUT2D eigenvalue weighted by Gasteiger charge is -2.31. The van der Waals surface area contributed by atoms with Crippen molar-refractivity contribution in [2.45, 2.75) is 29.7 Å². The molecule has 0 aliphatic carbocycles. The van der Waals surface area contributed by atoms with Gasteiger partial charge in [0, 0.05) is 34.2 Å². The van der Waals surface area contributed by atoms with Crippen LogP contribution in [-0.4, -0.2) is 52.1 Å². The molecular weight excluding hydrogens is 649 g/mol. The fraction of sp³-hybridized carbons (Fsp3) is 0.219. The number of non-ortho nitro benzene ring substituents is 1. The van der Waals surface area contributed by atoms with Gasteiger partial charge in [-0.15, -0.1) is 0 Å². The Bertz CT molecular complexity index is 1970. The van der Waals surface area contributed by atoms with Crippen LogP contribution in [0.4, 0.5) is 17.1 Å². The van der Waals surface area contributed by atoms with Gasteiger partial charge in [-0.25, -0.2) is 9.69 Å². The molecule has 6 rings (SSSR count). The van der Waals surface area contributed by atoms with Gasteiger partial charge in [0.2, 0.25) is 17.7 Å². The molecule has 3 aromatic carbocycles. The second kappa shape index (κ2) is 12.8. The first kappa shape index (κ1) is 31.7. The Kier molecular flexibility index (Phi) is 8.66. The summed E-state index contributed by atoms with van der Waals surface area (Å²) in [5.74, 6) is -3.29. The highest BCUT2D eigenvalue weighted by Crippen LogP contribution is 2.55. The first-order valence-corrected chi connectivity index (χ1v) is 16.0. The molecular formula is C32H26N4O9S2. The van der Waals surface area contributed by atoms with E-state index in [4.69, 9.17) is 9.47 Å². The number of esters is 1. The Morgan fingerprint density at radius 2 is 1.68 bits per heavy atom. The van der Waals surface area contributed by atoms with Crippen molar-refractivity contribution in [3.8, 4) is 5.75 Å². The number of nitrogens with zero attached hydrogens (tertiary/aromatic N) is 3. The molecule has 4 aromatic rings. The van der Waals surface area contributed by atoms with Gasteiger partial charge in [0.25, 0.3) is 5.69 Å². The molecule has 1 fully saturated rings. The van der Waals surface area contributed by atoms with Crippen LogP contribution in [0.3, 0.4) is 0 Å². The zero-order valence-electron chi connectivity index (χ0n) is 24.9. The van der Waals surface area contributed by atoms with E-state index in [1.807, 2.05) is 0 Å². The van der Waals surface area contributed by atoms with Crippen molar-refractivity contribution < 1.29 is 33.6 Å². The Morgan fingerprint density at radius 3 is 2.34 bits per heavy atom. The lowest BCUT2D eigenvalue weighted by atomic mass is 9.82. The number of nitro groups is 1. The third-order valence-corrected chi connectivity index (χ3v) is 10.4. The van der Waals surface area contributed by atoms with Gasteiger partial charge in [-0.1, -0.05) is 41.3 Å². The maximum Gasteiger partial charge on any atom is 0.338 e. The number of carbonyl (C=O) groups excluding carboxylic acids is 4. The van der Waals surface area contributed by atoms with Crippen LogP contribution in [-0.2, 0) is 25.7 Å². The molecule has 1 saturated heterocycles. The molecule has 0 bridgehead atoms. The van der Waals surface area contributed by atoms with E-state index in [0.717, 1.165) is 28.0 Å². The maximum absolute atomic E-state index is 14.1. The van der Waals surface area contributed by atoms with Crippen LogP contribution in [0.1, 0.15) is 33.6 Å². The minimum atomic E-state index is -0.959. The smallest absolute Gasteiger partial charge is 0.338 e. The van der Waals surface area contributed by atoms with Gasteiger partial charge in [-0.05, 0) is 49.4 Å². The standard InChI is InChI=1S/C32H26N4O9S2/c1-3-45-31(40)17-8-10-18(11-9-17)33-23(37)16-34-30-27(47-32(34)41)24(21-6-4-5-7-22(21)44-2)25-26(46-30)29(39)35(28(25)38)19-12-14-20(15-13-19)36(42)43/h4-15,24-26H,3,16H2,1-2H3,(H,33,37). The lowest BCUT2D eigenvalue weighted by Crippen LogP contribution is -2.33. The van der Waals surface area contributed by atoms with Crippen molar-refractivity contribution in [1.29, 1.82) is 0 Å². The van der Waals surface area contributed by atoms with Crippen molar-refractivity contribution >= 4 is 63.9 Å². The summed E-state index contributed by atoms with van der Waals surface area (Å²) >= 11 is 1.94. The minimum Gasteiger partial charge on any atom is -0.496 e. The number of benzene rings is 3. The number of para-hydroxylation sites is 1. The van der Waals surface area contributed by atoms with Crippen LogP contribution < -0.4 is 19.8 Å². The quantitative estimate of drug-likeness (QED) is 0.116. The average Bonchev–Trinajstić information content (AvgIpc) is 3.51. The number of thiazole rings is 1. The number of hydrogen-bond acceptors (Lipinski definition) is 11. The number of fused-ring (bicyclic) bond motifs is 2. The number of anilines is 2. The number of hydrogen-bond donors (Lipinski definition) is 1. The summed E-state index contributed by atoms with van der Waals surface area (Å²) in [6.07, 6.45) is 0. The highest BCUT2D eigenvalue weighted by Gasteiger charge is 2.57. The van der Waals surface area contributed by atoms with Crippen molar-refractivity contribution in [2.75, 3.05) is 23.9 Å². The molecule has 1 aromatic heterocycles. The highest BCUT2D eigenvalue weighted by atomic mass is 32.2. The van der Waals surface area contributed by atoms with E-state index in [1.165, 1.54) is 48.1 Å². The van der Waals surface area contributed by atoms with Crippen LogP contribution in [0.25, 0.3) is 0 Å². The van der Waals surface area contributed by atoms with E-state index in [1.54, 1.807) is 43.3 Å². The van der Waals surface area contributed by atoms with Gasteiger partial charge in [0.05, 0.1) is 40.8 Å². The van der Waals surface area contributed by atoms with Crippen molar-refractivity contribution in [1.82, 2.24) is 4.57 Å². The topological polar surface area (TPSA) is 167 Å². The van der Waals surface area contributed by atoms with Crippen molar-refractivity contribution in [3.63, 3.8) is 0 Å². The first-order valence-electron chi connectivity index (χ1n) is 14.3. The number of nitrogens with one attached hydrogen (secondary N) is 1. The number of thioether (sulfide) groups is 1.